The fourth-order valence-corrected chi connectivity index (χ4v) is 4.24. The number of ether oxygens (including phenoxy) is 1. The second-order valence-corrected chi connectivity index (χ2v) is 10.1. The molecule has 0 fully saturated rings. The van der Waals surface area contributed by atoms with Gasteiger partial charge in [-0.25, -0.2) is 18.2 Å². The number of hydrogen-bond acceptors (Lipinski definition) is 6. The second kappa shape index (κ2) is 8.47. The van der Waals surface area contributed by atoms with E-state index in [1.165, 1.54) is 29.0 Å². The Kier molecular flexibility index (Phi) is 6.19. The first-order valence-corrected chi connectivity index (χ1v) is 11.9. The van der Waals surface area contributed by atoms with E-state index >= 15 is 0 Å². The number of esters is 1. The van der Waals surface area contributed by atoms with Gasteiger partial charge in [0.25, 0.3) is 0 Å². The molecule has 0 aliphatic rings. The van der Waals surface area contributed by atoms with E-state index in [0.717, 1.165) is 16.8 Å². The predicted molar refractivity (Wildman–Crippen MR) is 115 cm³/mol. The van der Waals surface area contributed by atoms with E-state index in [1.807, 2.05) is 17.5 Å². The van der Waals surface area contributed by atoms with Crippen molar-refractivity contribution in [1.82, 2.24) is 4.98 Å². The summed E-state index contributed by atoms with van der Waals surface area (Å²) in [4.78, 5) is 17.1. The highest BCUT2D eigenvalue weighted by Gasteiger charge is 2.16. The van der Waals surface area contributed by atoms with Crippen LogP contribution in [-0.4, -0.2) is 25.6 Å². The quantitative estimate of drug-likeness (QED) is 0.516. The molecular formula is C22H23NO4S2. The number of rotatable bonds is 6. The molecule has 5 nitrogen and oxygen atoms in total. The average Bonchev–Trinajstić information content (AvgIpc) is 3.14. The van der Waals surface area contributed by atoms with E-state index in [2.05, 4.69) is 31.0 Å². The third-order valence-electron chi connectivity index (χ3n) is 4.58. The van der Waals surface area contributed by atoms with Crippen LogP contribution in [0, 0.1) is 6.92 Å². The summed E-state index contributed by atoms with van der Waals surface area (Å²) in [5, 5.41) is 2.72. The maximum Gasteiger partial charge on any atom is 0.338 e. The van der Waals surface area contributed by atoms with Crippen molar-refractivity contribution in [2.45, 2.75) is 38.2 Å². The Morgan fingerprint density at radius 1 is 1.14 bits per heavy atom. The third kappa shape index (κ3) is 5.10. The molecule has 29 heavy (non-hydrogen) atoms. The van der Waals surface area contributed by atoms with E-state index in [9.17, 15) is 13.2 Å². The minimum Gasteiger partial charge on any atom is -0.456 e. The van der Waals surface area contributed by atoms with Crippen LogP contribution in [0.25, 0.3) is 10.6 Å². The number of nitrogens with zero attached hydrogens (tertiary/aromatic N) is 1. The molecule has 0 saturated heterocycles. The van der Waals surface area contributed by atoms with Crippen LogP contribution in [0.5, 0.6) is 0 Å². The van der Waals surface area contributed by atoms with Crippen molar-refractivity contribution >= 4 is 27.1 Å². The van der Waals surface area contributed by atoms with Gasteiger partial charge in [0.1, 0.15) is 11.6 Å². The zero-order valence-corrected chi connectivity index (χ0v) is 18.4. The van der Waals surface area contributed by atoms with Gasteiger partial charge < -0.3 is 4.74 Å². The highest BCUT2D eigenvalue weighted by Crippen LogP contribution is 2.26. The first kappa shape index (κ1) is 21.2. The Morgan fingerprint density at radius 3 is 2.45 bits per heavy atom. The maximum absolute atomic E-state index is 12.5. The molecule has 0 N–H and O–H groups in total. The lowest BCUT2D eigenvalue weighted by atomic mass is 10.0. The van der Waals surface area contributed by atoms with Gasteiger partial charge in [0.2, 0.25) is 0 Å². The molecular weight excluding hydrogens is 406 g/mol. The van der Waals surface area contributed by atoms with Gasteiger partial charge in [-0.2, -0.15) is 0 Å². The highest BCUT2D eigenvalue weighted by molar-refractivity contribution is 7.90. The first-order valence-electron chi connectivity index (χ1n) is 9.17. The molecule has 0 unspecified atom stereocenters. The van der Waals surface area contributed by atoms with Crippen LogP contribution in [0.3, 0.4) is 0 Å². The Bertz CT molecular complexity index is 1130. The number of thiazole rings is 1. The van der Waals surface area contributed by atoms with Crippen molar-refractivity contribution in [2.24, 2.45) is 0 Å². The molecule has 0 radical (unpaired) electrons. The first-order chi connectivity index (χ1) is 13.6. The van der Waals surface area contributed by atoms with Crippen molar-refractivity contribution < 1.29 is 17.9 Å². The fourth-order valence-electron chi connectivity index (χ4n) is 2.79. The molecule has 1 heterocycles. The minimum absolute atomic E-state index is 0.0297. The summed E-state index contributed by atoms with van der Waals surface area (Å²) in [6.07, 6.45) is 1.11. The second-order valence-electron chi connectivity index (χ2n) is 7.25. The Labute approximate surface area is 175 Å². The van der Waals surface area contributed by atoms with E-state index in [-0.39, 0.29) is 17.1 Å². The van der Waals surface area contributed by atoms with Crippen molar-refractivity contribution in [3.05, 3.63) is 70.2 Å². The topological polar surface area (TPSA) is 73.3 Å². The van der Waals surface area contributed by atoms with Crippen LogP contribution < -0.4 is 0 Å². The van der Waals surface area contributed by atoms with E-state index in [1.54, 1.807) is 13.0 Å². The van der Waals surface area contributed by atoms with Gasteiger partial charge >= 0.3 is 5.97 Å². The van der Waals surface area contributed by atoms with Crippen LogP contribution in [0.4, 0.5) is 0 Å². The standard InChI is InChI=1S/C22H23NO4S2/c1-14(2)16-6-8-17(9-7-16)21-23-18(13-28-21)12-27-22(24)20-11-19(29(4,25)26)10-5-15(20)3/h5-11,13-14H,12H2,1-4H3. The maximum atomic E-state index is 12.5. The molecule has 0 aliphatic carbocycles. The Morgan fingerprint density at radius 2 is 1.83 bits per heavy atom. The van der Waals surface area contributed by atoms with E-state index in [4.69, 9.17) is 4.74 Å². The normalized spacial score (nSPS) is 11.6. The number of aromatic nitrogens is 1. The Balaban J connectivity index is 1.70. The zero-order valence-electron chi connectivity index (χ0n) is 16.8. The summed E-state index contributed by atoms with van der Waals surface area (Å²) < 4.78 is 28.8. The van der Waals surface area contributed by atoms with E-state index < -0.39 is 15.8 Å². The van der Waals surface area contributed by atoms with Crippen molar-refractivity contribution in [3.8, 4) is 10.6 Å². The number of carbonyl (C=O) groups excluding carboxylic acids is 1. The van der Waals surface area contributed by atoms with Crippen molar-refractivity contribution in [3.63, 3.8) is 0 Å². The summed E-state index contributed by atoms with van der Waals surface area (Å²) in [6.45, 7) is 6.07. The summed E-state index contributed by atoms with van der Waals surface area (Å²) in [6, 6.07) is 12.7. The van der Waals surface area contributed by atoms with Crippen LogP contribution in [-0.2, 0) is 21.2 Å². The molecule has 3 aromatic rings. The molecule has 1 aromatic heterocycles. The molecule has 7 heteroatoms. The summed E-state index contributed by atoms with van der Waals surface area (Å²) in [7, 11) is -3.40. The summed E-state index contributed by atoms with van der Waals surface area (Å²) in [5.41, 5.74) is 3.85. The monoisotopic (exact) mass is 429 g/mol. The lowest BCUT2D eigenvalue weighted by Crippen LogP contribution is -2.09. The molecule has 0 atom stereocenters. The molecule has 0 spiro atoms. The molecule has 3 rings (SSSR count). The number of sulfone groups is 1. The molecule has 152 valence electrons. The van der Waals surface area contributed by atoms with Crippen LogP contribution >= 0.6 is 11.3 Å². The number of benzene rings is 2. The predicted octanol–water partition coefficient (Wildman–Crippen LogP) is 5.00. The van der Waals surface area contributed by atoms with Gasteiger partial charge in [-0.1, -0.05) is 44.2 Å². The number of hydrogen-bond donors (Lipinski definition) is 0. The summed E-state index contributed by atoms with van der Waals surface area (Å²) >= 11 is 1.49. The third-order valence-corrected chi connectivity index (χ3v) is 6.63. The molecule has 0 bridgehead atoms. The Hall–Kier alpha value is -2.51. The molecule has 0 aliphatic heterocycles. The smallest absolute Gasteiger partial charge is 0.338 e. The minimum atomic E-state index is -3.40. The zero-order chi connectivity index (χ0) is 21.2. The van der Waals surface area contributed by atoms with Crippen LogP contribution in [0.2, 0.25) is 0 Å². The van der Waals surface area contributed by atoms with Gasteiger partial charge in [0.15, 0.2) is 9.84 Å². The van der Waals surface area contributed by atoms with Gasteiger partial charge in [0, 0.05) is 17.2 Å². The highest BCUT2D eigenvalue weighted by atomic mass is 32.2. The number of aryl methyl sites for hydroxylation is 1. The van der Waals surface area contributed by atoms with Crippen molar-refractivity contribution in [2.75, 3.05) is 6.26 Å². The lowest BCUT2D eigenvalue weighted by molar-refractivity contribution is 0.0467. The average molecular weight is 430 g/mol. The van der Waals surface area contributed by atoms with Crippen LogP contribution in [0.15, 0.2) is 52.7 Å². The van der Waals surface area contributed by atoms with E-state index in [0.29, 0.717) is 17.2 Å². The van der Waals surface area contributed by atoms with Gasteiger partial charge in [-0.05, 0) is 36.1 Å². The van der Waals surface area contributed by atoms with Crippen LogP contribution in [0.1, 0.15) is 46.9 Å². The fraction of sp³-hybridized carbons (Fsp3) is 0.273. The molecule has 0 amide bonds. The molecule has 0 saturated carbocycles. The summed E-state index contributed by atoms with van der Waals surface area (Å²) in [5.74, 6) is -0.0937. The lowest BCUT2D eigenvalue weighted by Gasteiger charge is -2.08. The van der Waals surface area contributed by atoms with Gasteiger partial charge in [-0.15, -0.1) is 11.3 Å². The SMILES string of the molecule is Cc1ccc(S(C)(=O)=O)cc1C(=O)OCc1csc(-c2ccc(C(C)C)cc2)n1. The largest absolute Gasteiger partial charge is 0.456 e. The molecule has 2 aromatic carbocycles. The van der Waals surface area contributed by atoms with Crippen molar-refractivity contribution in [1.29, 1.82) is 0 Å². The number of carbonyl (C=O) groups is 1. The van der Waals surface area contributed by atoms with Gasteiger partial charge in [0.05, 0.1) is 16.2 Å². The van der Waals surface area contributed by atoms with Gasteiger partial charge in [-0.3, -0.25) is 0 Å².